The molecule has 0 aliphatic carbocycles. The van der Waals surface area contributed by atoms with Gasteiger partial charge in [0.05, 0.1) is 4.01 Å². The summed E-state index contributed by atoms with van der Waals surface area (Å²) in [5.74, 6) is 0. The zero-order valence-electron chi connectivity index (χ0n) is 11.1. The molecule has 0 atom stereocenters. The molecule has 0 unspecified atom stereocenters. The Bertz CT molecular complexity index is 713. The van der Waals surface area contributed by atoms with Crippen LogP contribution in [0.25, 0.3) is 9.40 Å². The minimum Gasteiger partial charge on any atom is -0.325 e. The Balaban J connectivity index is 1.60. The molecule has 1 aliphatic heterocycles. The Kier molecular flexibility index (Phi) is 3.87. The first kappa shape index (κ1) is 14.4. The molecule has 20 heavy (non-hydrogen) atoms. The molecule has 3 rings (SSSR count). The third kappa shape index (κ3) is 2.76. The maximum absolute atomic E-state index is 11.9. The summed E-state index contributed by atoms with van der Waals surface area (Å²) >= 11 is 3.52. The van der Waals surface area contributed by atoms with Gasteiger partial charge in [-0.3, -0.25) is 0 Å². The number of aryl methyl sites for hydroxylation is 1. The molecule has 0 radical (unpaired) electrons. The molecule has 0 spiro atoms. The average Bonchev–Trinajstić information content (AvgIpc) is 2.85. The molecular weight excluding hydrogens is 314 g/mol. The van der Waals surface area contributed by atoms with E-state index in [2.05, 4.69) is 23.1 Å². The number of hydrogen-bond acceptors (Lipinski definition) is 5. The highest BCUT2D eigenvalue weighted by molar-refractivity contribution is 7.87. The fourth-order valence-corrected chi connectivity index (χ4v) is 5.89. The van der Waals surface area contributed by atoms with Crippen molar-refractivity contribution in [2.45, 2.75) is 19.4 Å². The largest absolute Gasteiger partial charge is 0.325 e. The van der Waals surface area contributed by atoms with Crippen molar-refractivity contribution >= 4 is 42.3 Å². The van der Waals surface area contributed by atoms with E-state index in [1.165, 1.54) is 24.1 Å². The molecule has 5 nitrogen and oxygen atoms in total. The number of rotatable bonds is 5. The van der Waals surface area contributed by atoms with Gasteiger partial charge in [0.2, 0.25) is 0 Å². The predicted molar refractivity (Wildman–Crippen MR) is 84.6 cm³/mol. The summed E-state index contributed by atoms with van der Waals surface area (Å²) in [4.78, 5) is 1.29. The zero-order valence-corrected chi connectivity index (χ0v) is 13.6. The van der Waals surface area contributed by atoms with Crippen LogP contribution in [0, 0.1) is 6.92 Å². The van der Waals surface area contributed by atoms with Crippen molar-refractivity contribution < 1.29 is 8.42 Å². The third-order valence-corrected chi connectivity index (χ3v) is 7.14. The first-order valence-corrected chi connectivity index (χ1v) is 9.56. The minimum absolute atomic E-state index is 0.0168. The molecule has 0 amide bonds. The summed E-state index contributed by atoms with van der Waals surface area (Å²) in [6.07, 6.45) is 0.718. The van der Waals surface area contributed by atoms with E-state index in [-0.39, 0.29) is 6.04 Å². The topological polar surface area (TPSA) is 75.4 Å². The highest BCUT2D eigenvalue weighted by Gasteiger charge is 2.32. The maximum atomic E-state index is 11.9. The van der Waals surface area contributed by atoms with Gasteiger partial charge in [-0.2, -0.15) is 12.7 Å². The van der Waals surface area contributed by atoms with E-state index in [0.717, 1.165) is 6.42 Å². The van der Waals surface area contributed by atoms with Crippen molar-refractivity contribution in [3.05, 3.63) is 21.9 Å². The number of nitrogens with zero attached hydrogens (tertiary/aromatic N) is 1. The number of hydrogen-bond donors (Lipinski definition) is 2. The Hall–Kier alpha value is -0.510. The first-order chi connectivity index (χ1) is 9.45. The van der Waals surface area contributed by atoms with Gasteiger partial charge in [0, 0.05) is 35.9 Å². The van der Waals surface area contributed by atoms with E-state index in [4.69, 9.17) is 5.73 Å². The van der Waals surface area contributed by atoms with Crippen LogP contribution < -0.4 is 10.5 Å². The first-order valence-electron chi connectivity index (χ1n) is 6.42. The lowest BCUT2D eigenvalue weighted by atomic mass is 10.2. The number of fused-ring (bicyclic) bond motifs is 1. The van der Waals surface area contributed by atoms with E-state index < -0.39 is 10.2 Å². The van der Waals surface area contributed by atoms with Crippen LogP contribution in [0.5, 0.6) is 0 Å². The molecular formula is C12H17N3O2S3. The molecule has 1 saturated heterocycles. The van der Waals surface area contributed by atoms with Crippen LogP contribution in [-0.4, -0.2) is 38.4 Å². The van der Waals surface area contributed by atoms with Gasteiger partial charge in [-0.05, 0) is 30.4 Å². The molecule has 1 fully saturated rings. The molecule has 2 aromatic heterocycles. The maximum Gasteiger partial charge on any atom is 0.279 e. The molecule has 3 heterocycles. The van der Waals surface area contributed by atoms with Gasteiger partial charge in [-0.1, -0.05) is 0 Å². The monoisotopic (exact) mass is 331 g/mol. The molecule has 8 heteroatoms. The van der Waals surface area contributed by atoms with Crippen LogP contribution in [-0.2, 0) is 16.6 Å². The summed E-state index contributed by atoms with van der Waals surface area (Å²) < 4.78 is 29.2. The highest BCUT2D eigenvalue weighted by Crippen LogP contribution is 2.33. The summed E-state index contributed by atoms with van der Waals surface area (Å²) in [6.45, 7) is 3.36. The lowest BCUT2D eigenvalue weighted by Gasteiger charge is -2.35. The second-order valence-corrected chi connectivity index (χ2v) is 9.20. The van der Waals surface area contributed by atoms with Gasteiger partial charge in [-0.25, -0.2) is 4.72 Å². The number of nitrogens with two attached hydrogens (primary N) is 1. The normalized spacial score (nSPS) is 17.7. The van der Waals surface area contributed by atoms with Gasteiger partial charge in [0.25, 0.3) is 10.2 Å². The lowest BCUT2D eigenvalue weighted by molar-refractivity contribution is 0.262. The van der Waals surface area contributed by atoms with E-state index in [1.807, 2.05) is 0 Å². The molecule has 2 aromatic rings. The fraction of sp³-hybridized carbons (Fsp3) is 0.500. The minimum atomic E-state index is -3.35. The molecule has 1 aliphatic rings. The lowest BCUT2D eigenvalue weighted by Crippen LogP contribution is -2.60. The van der Waals surface area contributed by atoms with E-state index in [9.17, 15) is 8.42 Å². The van der Waals surface area contributed by atoms with Crippen molar-refractivity contribution in [2.75, 3.05) is 19.6 Å². The van der Waals surface area contributed by atoms with Crippen molar-refractivity contribution in [1.82, 2.24) is 9.03 Å². The number of nitrogens with one attached hydrogen (secondary N) is 1. The molecule has 0 bridgehead atoms. The molecule has 110 valence electrons. The summed E-state index contributed by atoms with van der Waals surface area (Å²) in [5, 5.41) is 3.39. The second-order valence-electron chi connectivity index (χ2n) is 5.05. The predicted octanol–water partition coefficient (Wildman–Crippen LogP) is 1.29. The highest BCUT2D eigenvalue weighted by atomic mass is 32.2. The van der Waals surface area contributed by atoms with E-state index in [1.54, 1.807) is 22.7 Å². The van der Waals surface area contributed by atoms with Gasteiger partial charge >= 0.3 is 0 Å². The Morgan fingerprint density at radius 3 is 2.95 bits per heavy atom. The Morgan fingerprint density at radius 1 is 1.50 bits per heavy atom. The third-order valence-electron chi connectivity index (χ3n) is 3.37. The standard InChI is InChI=1S/C12H17N3O2S3/c1-8-4-11-9(7-18-12(11)19-8)2-3-14-20(16,17)15-5-10(13)6-15/h4,7,10,14H,2-3,5-6,13H2,1H3. The van der Waals surface area contributed by atoms with Crippen molar-refractivity contribution in [3.8, 4) is 0 Å². The SMILES string of the molecule is Cc1cc2c(CCNS(=O)(=O)N3CC(N)C3)csc2s1. The van der Waals surface area contributed by atoms with Crippen molar-refractivity contribution in [1.29, 1.82) is 0 Å². The van der Waals surface area contributed by atoms with Crippen LogP contribution in [0.2, 0.25) is 0 Å². The van der Waals surface area contributed by atoms with E-state index >= 15 is 0 Å². The molecule has 0 saturated carbocycles. The second kappa shape index (κ2) is 5.36. The van der Waals surface area contributed by atoms with Gasteiger partial charge in [0.1, 0.15) is 0 Å². The average molecular weight is 331 g/mol. The zero-order chi connectivity index (χ0) is 14.3. The fourth-order valence-electron chi connectivity index (χ4n) is 2.26. The van der Waals surface area contributed by atoms with Crippen LogP contribution >= 0.6 is 22.7 Å². The van der Waals surface area contributed by atoms with Crippen LogP contribution in [0.1, 0.15) is 10.4 Å². The van der Waals surface area contributed by atoms with Crippen molar-refractivity contribution in [2.24, 2.45) is 5.73 Å². The quantitative estimate of drug-likeness (QED) is 0.867. The molecule has 3 N–H and O–H groups in total. The van der Waals surface area contributed by atoms with Gasteiger partial charge in [0.15, 0.2) is 0 Å². The Labute approximate surface area is 126 Å². The summed E-state index contributed by atoms with van der Waals surface area (Å²) in [7, 11) is -3.35. The van der Waals surface area contributed by atoms with Gasteiger partial charge in [-0.15, -0.1) is 22.7 Å². The summed E-state index contributed by atoms with van der Waals surface area (Å²) in [6, 6.07) is 2.16. The smallest absolute Gasteiger partial charge is 0.279 e. The van der Waals surface area contributed by atoms with Crippen molar-refractivity contribution in [3.63, 3.8) is 0 Å². The Morgan fingerprint density at radius 2 is 2.25 bits per heavy atom. The number of thiophene rings is 2. The molecule has 0 aromatic carbocycles. The van der Waals surface area contributed by atoms with Crippen LogP contribution in [0.15, 0.2) is 11.4 Å². The van der Waals surface area contributed by atoms with Crippen LogP contribution in [0.4, 0.5) is 0 Å². The van der Waals surface area contributed by atoms with E-state index in [0.29, 0.717) is 19.6 Å². The van der Waals surface area contributed by atoms with Gasteiger partial charge < -0.3 is 5.73 Å². The van der Waals surface area contributed by atoms with Crippen LogP contribution in [0.3, 0.4) is 0 Å². The summed E-state index contributed by atoms with van der Waals surface area (Å²) in [5.41, 5.74) is 6.82.